The maximum Gasteiger partial charge on any atom is 0.234 e. The van der Waals surface area contributed by atoms with Crippen molar-refractivity contribution in [2.75, 3.05) is 0 Å². The highest BCUT2D eigenvalue weighted by molar-refractivity contribution is 5.17. The van der Waals surface area contributed by atoms with Gasteiger partial charge in [0.1, 0.15) is 0 Å². The summed E-state index contributed by atoms with van der Waals surface area (Å²) in [5.74, 6) is 1.92. The van der Waals surface area contributed by atoms with Crippen LogP contribution in [-0.2, 0) is 5.41 Å². The van der Waals surface area contributed by atoms with E-state index >= 15 is 0 Å². The first kappa shape index (κ1) is 12.6. The van der Waals surface area contributed by atoms with Gasteiger partial charge in [-0.1, -0.05) is 19.0 Å². The van der Waals surface area contributed by atoms with Crippen LogP contribution in [0.5, 0.6) is 0 Å². The van der Waals surface area contributed by atoms with E-state index in [-0.39, 0.29) is 5.41 Å². The lowest BCUT2D eigenvalue weighted by molar-refractivity contribution is 0.222. The summed E-state index contributed by atoms with van der Waals surface area (Å²) in [6.45, 7) is 12.5. The molecule has 0 spiro atoms. The van der Waals surface area contributed by atoms with Gasteiger partial charge in [0.15, 0.2) is 5.82 Å². The molecule has 0 amide bonds. The van der Waals surface area contributed by atoms with Crippen LogP contribution in [0, 0.1) is 5.41 Å². The summed E-state index contributed by atoms with van der Waals surface area (Å²) >= 11 is 0. The summed E-state index contributed by atoms with van der Waals surface area (Å²) in [4.78, 5) is 4.55. The van der Waals surface area contributed by atoms with Gasteiger partial charge in [-0.2, -0.15) is 4.98 Å². The number of aromatic nitrogens is 2. The molecule has 0 aromatic carbocycles. The average Bonchev–Trinajstić information content (AvgIpc) is 2.64. The van der Waals surface area contributed by atoms with Gasteiger partial charge in [0.2, 0.25) is 5.89 Å². The Hall–Kier alpha value is -0.900. The summed E-state index contributed by atoms with van der Waals surface area (Å²) in [6, 6.07) is 0. The van der Waals surface area contributed by atoms with E-state index in [0.717, 1.165) is 12.2 Å². The van der Waals surface area contributed by atoms with E-state index in [9.17, 15) is 0 Å². The van der Waals surface area contributed by atoms with Crippen LogP contribution in [0.3, 0.4) is 0 Å². The van der Waals surface area contributed by atoms with Crippen molar-refractivity contribution < 1.29 is 4.52 Å². The van der Waals surface area contributed by atoms with E-state index in [1.807, 2.05) is 27.7 Å². The number of nitrogens with zero attached hydrogens (tertiary/aromatic N) is 2. The third-order valence-electron chi connectivity index (χ3n) is 4.41. The molecule has 17 heavy (non-hydrogen) atoms. The van der Waals surface area contributed by atoms with E-state index in [2.05, 4.69) is 24.0 Å². The Balaban J connectivity index is 2.25. The van der Waals surface area contributed by atoms with Crippen LogP contribution >= 0.6 is 0 Å². The Labute approximate surface area is 103 Å². The van der Waals surface area contributed by atoms with Crippen molar-refractivity contribution in [1.82, 2.24) is 10.1 Å². The fraction of sp³-hybridized carbons (Fsp3) is 0.846. The lowest BCUT2D eigenvalue weighted by Crippen LogP contribution is -2.50. The molecule has 0 aliphatic heterocycles. The molecule has 1 heterocycles. The molecule has 1 saturated carbocycles. The molecule has 1 atom stereocenters. The fourth-order valence-corrected chi connectivity index (χ4v) is 1.81. The summed E-state index contributed by atoms with van der Waals surface area (Å²) in [7, 11) is 0. The molecule has 4 heteroatoms. The molecular weight excluding hydrogens is 214 g/mol. The Morgan fingerprint density at radius 3 is 2.24 bits per heavy atom. The fourth-order valence-electron chi connectivity index (χ4n) is 1.81. The van der Waals surface area contributed by atoms with Crippen LogP contribution in [0.4, 0.5) is 0 Å². The normalized spacial score (nSPS) is 23.8. The third-order valence-corrected chi connectivity index (χ3v) is 4.41. The second kappa shape index (κ2) is 3.31. The SMILES string of the molecule is CC1(C)CC1c1noc(C(C)(C)C(C)(C)N)n1. The Bertz CT molecular complexity index is 426. The van der Waals surface area contributed by atoms with Gasteiger partial charge in [-0.05, 0) is 39.5 Å². The first-order chi connectivity index (χ1) is 7.56. The summed E-state index contributed by atoms with van der Waals surface area (Å²) < 4.78 is 5.41. The number of hydrogen-bond acceptors (Lipinski definition) is 4. The quantitative estimate of drug-likeness (QED) is 0.877. The smallest absolute Gasteiger partial charge is 0.234 e. The highest BCUT2D eigenvalue weighted by Crippen LogP contribution is 2.57. The monoisotopic (exact) mass is 237 g/mol. The molecule has 4 nitrogen and oxygen atoms in total. The number of nitrogens with two attached hydrogens (primary N) is 1. The van der Waals surface area contributed by atoms with E-state index in [0.29, 0.717) is 17.2 Å². The highest BCUT2D eigenvalue weighted by atomic mass is 16.5. The molecule has 1 aliphatic carbocycles. The third kappa shape index (κ3) is 1.99. The van der Waals surface area contributed by atoms with Gasteiger partial charge in [-0.25, -0.2) is 0 Å². The van der Waals surface area contributed by atoms with Crippen LogP contribution in [-0.4, -0.2) is 15.7 Å². The van der Waals surface area contributed by atoms with Crippen LogP contribution in [0.1, 0.15) is 65.6 Å². The first-order valence-corrected chi connectivity index (χ1v) is 6.19. The van der Waals surface area contributed by atoms with Gasteiger partial charge in [-0.15, -0.1) is 0 Å². The minimum Gasteiger partial charge on any atom is -0.339 e. The van der Waals surface area contributed by atoms with E-state index < -0.39 is 5.54 Å². The predicted octanol–water partition coefficient (Wildman–Crippen LogP) is 2.60. The maximum absolute atomic E-state index is 6.17. The summed E-state index contributed by atoms with van der Waals surface area (Å²) in [6.07, 6.45) is 1.14. The van der Waals surface area contributed by atoms with Crippen LogP contribution in [0.2, 0.25) is 0 Å². The Morgan fingerprint density at radius 1 is 1.29 bits per heavy atom. The molecule has 1 aromatic heterocycles. The van der Waals surface area contributed by atoms with E-state index in [1.54, 1.807) is 0 Å². The van der Waals surface area contributed by atoms with Crippen LogP contribution in [0.25, 0.3) is 0 Å². The van der Waals surface area contributed by atoms with Gasteiger partial charge in [0, 0.05) is 11.5 Å². The van der Waals surface area contributed by atoms with Crippen molar-refractivity contribution in [3.63, 3.8) is 0 Å². The molecule has 0 saturated heterocycles. The molecule has 1 unspecified atom stereocenters. The molecule has 96 valence electrons. The topological polar surface area (TPSA) is 64.9 Å². The predicted molar refractivity (Wildman–Crippen MR) is 66.7 cm³/mol. The minimum absolute atomic E-state index is 0.322. The van der Waals surface area contributed by atoms with E-state index in [4.69, 9.17) is 10.3 Å². The molecule has 0 bridgehead atoms. The van der Waals surface area contributed by atoms with Crippen LogP contribution in [0.15, 0.2) is 4.52 Å². The highest BCUT2D eigenvalue weighted by Gasteiger charge is 2.50. The molecule has 1 fully saturated rings. The number of rotatable bonds is 3. The summed E-state index contributed by atoms with van der Waals surface area (Å²) in [5.41, 5.74) is 5.78. The van der Waals surface area contributed by atoms with Gasteiger partial charge in [0.05, 0.1) is 5.41 Å². The van der Waals surface area contributed by atoms with Crippen molar-refractivity contribution in [1.29, 1.82) is 0 Å². The zero-order valence-corrected chi connectivity index (χ0v) is 11.7. The largest absolute Gasteiger partial charge is 0.339 e. The Kier molecular flexibility index (Phi) is 2.45. The molecular formula is C13H23N3O. The van der Waals surface area contributed by atoms with E-state index in [1.165, 1.54) is 0 Å². The zero-order valence-electron chi connectivity index (χ0n) is 11.7. The summed E-state index contributed by atoms with van der Waals surface area (Å²) in [5, 5.41) is 4.11. The van der Waals surface area contributed by atoms with Gasteiger partial charge in [0.25, 0.3) is 0 Å². The van der Waals surface area contributed by atoms with Crippen molar-refractivity contribution in [3.8, 4) is 0 Å². The first-order valence-electron chi connectivity index (χ1n) is 6.19. The second-order valence-corrected chi connectivity index (χ2v) is 7.05. The van der Waals surface area contributed by atoms with Crippen molar-refractivity contribution in [2.24, 2.45) is 11.1 Å². The van der Waals surface area contributed by atoms with Crippen molar-refractivity contribution in [3.05, 3.63) is 11.7 Å². The molecule has 1 aliphatic rings. The van der Waals surface area contributed by atoms with Gasteiger partial charge in [-0.3, -0.25) is 0 Å². The van der Waals surface area contributed by atoms with Gasteiger partial charge >= 0.3 is 0 Å². The van der Waals surface area contributed by atoms with Crippen LogP contribution < -0.4 is 5.73 Å². The van der Waals surface area contributed by atoms with Gasteiger partial charge < -0.3 is 10.3 Å². The minimum atomic E-state index is -0.393. The molecule has 0 radical (unpaired) electrons. The molecule has 1 aromatic rings. The zero-order chi connectivity index (χ0) is 13.1. The Morgan fingerprint density at radius 2 is 1.82 bits per heavy atom. The van der Waals surface area contributed by atoms with Crippen molar-refractivity contribution in [2.45, 2.75) is 64.8 Å². The molecule has 2 rings (SSSR count). The van der Waals surface area contributed by atoms with Crippen molar-refractivity contribution >= 4 is 0 Å². The average molecular weight is 237 g/mol. The second-order valence-electron chi connectivity index (χ2n) is 7.05. The number of hydrogen-bond donors (Lipinski definition) is 1. The lowest BCUT2D eigenvalue weighted by Gasteiger charge is -2.34. The maximum atomic E-state index is 6.17. The lowest BCUT2D eigenvalue weighted by atomic mass is 9.75. The standard InChI is InChI=1S/C13H23N3O/c1-11(2)7-8(11)9-15-10(17-16-9)12(3,4)13(5,6)14/h8H,7,14H2,1-6H3. The molecule has 2 N–H and O–H groups in total.